The Morgan fingerprint density at radius 3 is 2.68 bits per heavy atom. The molecule has 2 aliphatic carbocycles. The highest BCUT2D eigenvalue weighted by Crippen LogP contribution is 2.51. The fraction of sp³-hybridized carbons (Fsp3) is 0.480. The number of Topliss-reactive ketones (excluding diaryl/α,β-unsaturated/α-hetero) is 1. The second kappa shape index (κ2) is 7.43. The van der Waals surface area contributed by atoms with Crippen LogP contribution in [0.2, 0.25) is 0 Å². The second-order valence-corrected chi connectivity index (χ2v) is 11.8. The number of amides is 1. The Morgan fingerprint density at radius 2 is 1.97 bits per heavy atom. The Hall–Kier alpha value is -2.23. The van der Waals surface area contributed by atoms with Crippen molar-refractivity contribution < 1.29 is 9.59 Å². The molecule has 0 bridgehead atoms. The molecule has 1 amide bonds. The van der Waals surface area contributed by atoms with Crippen molar-refractivity contribution >= 4 is 39.4 Å². The van der Waals surface area contributed by atoms with E-state index in [1.54, 1.807) is 27.6 Å². The van der Waals surface area contributed by atoms with Gasteiger partial charge in [0.1, 0.15) is 11.1 Å². The molecule has 0 spiro atoms. The number of anilines is 1. The average molecular weight is 451 g/mol. The third kappa shape index (κ3) is 3.30. The first kappa shape index (κ1) is 20.7. The predicted molar refractivity (Wildman–Crippen MR) is 125 cm³/mol. The van der Waals surface area contributed by atoms with Gasteiger partial charge in [0, 0.05) is 39.8 Å². The zero-order valence-electron chi connectivity index (χ0n) is 18.2. The predicted octanol–water partition coefficient (Wildman–Crippen LogP) is 6.03. The monoisotopic (exact) mass is 450 g/mol. The lowest BCUT2D eigenvalue weighted by atomic mass is 9.70. The summed E-state index contributed by atoms with van der Waals surface area (Å²) in [5, 5.41) is 12.8. The van der Waals surface area contributed by atoms with Gasteiger partial charge >= 0.3 is 0 Å². The fourth-order valence-corrected chi connectivity index (χ4v) is 7.86. The Morgan fingerprint density at radius 1 is 1.19 bits per heavy atom. The summed E-state index contributed by atoms with van der Waals surface area (Å²) in [4.78, 5) is 31.2. The van der Waals surface area contributed by atoms with Crippen LogP contribution in [0.15, 0.2) is 22.7 Å². The molecule has 6 heteroatoms. The van der Waals surface area contributed by atoms with E-state index in [0.29, 0.717) is 24.8 Å². The summed E-state index contributed by atoms with van der Waals surface area (Å²) in [6, 6.07) is 4.47. The topological polar surface area (TPSA) is 61.2 Å². The number of nitrogens with zero attached hydrogens (tertiary/aromatic N) is 2. The maximum Gasteiger partial charge on any atom is 0.232 e. The van der Waals surface area contributed by atoms with E-state index in [1.165, 1.54) is 4.88 Å². The number of allylic oxidation sites excluding steroid dienone is 2. The highest BCUT2D eigenvalue weighted by atomic mass is 32.1. The smallest absolute Gasteiger partial charge is 0.232 e. The van der Waals surface area contributed by atoms with Crippen LogP contribution in [0.5, 0.6) is 0 Å². The number of fused-ring (bicyclic) bond motifs is 1. The van der Waals surface area contributed by atoms with Gasteiger partial charge in [0.2, 0.25) is 5.91 Å². The molecule has 0 N–H and O–H groups in total. The van der Waals surface area contributed by atoms with Crippen LogP contribution in [-0.4, -0.2) is 11.7 Å². The summed E-state index contributed by atoms with van der Waals surface area (Å²) >= 11 is 3.23. The number of aryl methyl sites for hydroxylation is 2. The molecule has 2 aromatic heterocycles. The first-order chi connectivity index (χ1) is 14.8. The molecule has 4 nitrogen and oxygen atoms in total. The summed E-state index contributed by atoms with van der Waals surface area (Å²) < 4.78 is 0. The van der Waals surface area contributed by atoms with Gasteiger partial charge in [-0.2, -0.15) is 5.26 Å². The summed E-state index contributed by atoms with van der Waals surface area (Å²) in [6.45, 7) is 6.26. The lowest BCUT2D eigenvalue weighted by Crippen LogP contribution is -2.43. The van der Waals surface area contributed by atoms with E-state index < -0.39 is 0 Å². The van der Waals surface area contributed by atoms with Crippen LogP contribution in [0.4, 0.5) is 5.00 Å². The minimum absolute atomic E-state index is 0.0112. The Bertz CT molecular complexity index is 1170. The van der Waals surface area contributed by atoms with Gasteiger partial charge in [0.15, 0.2) is 5.78 Å². The molecule has 0 aromatic carbocycles. The number of hydrogen-bond donors (Lipinski definition) is 0. The molecule has 2 aromatic rings. The molecule has 1 atom stereocenters. The number of carbonyl (C=O) groups is 2. The van der Waals surface area contributed by atoms with E-state index in [0.717, 1.165) is 58.0 Å². The molecule has 3 heterocycles. The van der Waals surface area contributed by atoms with E-state index in [1.807, 2.05) is 5.38 Å². The molecule has 160 valence electrons. The number of ketones is 1. The molecule has 5 rings (SSSR count). The summed E-state index contributed by atoms with van der Waals surface area (Å²) in [5.74, 6) is 0.000923. The molecule has 0 saturated carbocycles. The minimum atomic E-state index is -0.204. The van der Waals surface area contributed by atoms with Crippen LogP contribution >= 0.6 is 22.7 Å². The Labute approximate surface area is 191 Å². The number of carbonyl (C=O) groups excluding carboxylic acids is 2. The SMILES string of the molecule is Cc1ccsc1[C@@H]1CC(=O)N(c2sc3c(c2C#N)CCCC3)C2=C1C(=O)CC(C)(C)C2. The quantitative estimate of drug-likeness (QED) is 0.561. The Kier molecular flexibility index (Phi) is 4.95. The van der Waals surface area contributed by atoms with Crippen molar-refractivity contribution in [2.75, 3.05) is 4.90 Å². The van der Waals surface area contributed by atoms with Crippen LogP contribution < -0.4 is 4.90 Å². The maximum atomic E-state index is 13.6. The molecule has 31 heavy (non-hydrogen) atoms. The van der Waals surface area contributed by atoms with Crippen LogP contribution in [0.25, 0.3) is 0 Å². The highest BCUT2D eigenvalue weighted by Gasteiger charge is 2.46. The normalized spacial score (nSPS) is 22.9. The number of thiophene rings is 2. The zero-order chi connectivity index (χ0) is 21.9. The van der Waals surface area contributed by atoms with Gasteiger partial charge in [-0.3, -0.25) is 14.5 Å². The van der Waals surface area contributed by atoms with E-state index in [2.05, 4.69) is 32.9 Å². The number of nitriles is 1. The zero-order valence-corrected chi connectivity index (χ0v) is 19.8. The molecule has 0 unspecified atom stereocenters. The highest BCUT2D eigenvalue weighted by molar-refractivity contribution is 7.16. The van der Waals surface area contributed by atoms with Gasteiger partial charge in [0.25, 0.3) is 0 Å². The molecule has 0 radical (unpaired) electrons. The van der Waals surface area contributed by atoms with Crippen LogP contribution in [0, 0.1) is 23.7 Å². The Balaban J connectivity index is 1.72. The van der Waals surface area contributed by atoms with Crippen molar-refractivity contribution in [2.24, 2.45) is 5.41 Å². The molecule has 0 fully saturated rings. The molecule has 3 aliphatic rings. The summed E-state index contributed by atoms with van der Waals surface area (Å²) in [6.07, 6.45) is 5.57. The average Bonchev–Trinajstić information content (AvgIpc) is 3.29. The van der Waals surface area contributed by atoms with Crippen molar-refractivity contribution in [3.63, 3.8) is 0 Å². The van der Waals surface area contributed by atoms with Gasteiger partial charge in [-0.1, -0.05) is 13.8 Å². The van der Waals surface area contributed by atoms with Crippen LogP contribution in [-0.2, 0) is 22.4 Å². The number of hydrogen-bond acceptors (Lipinski definition) is 5. The lowest BCUT2D eigenvalue weighted by molar-refractivity contribution is -0.120. The van der Waals surface area contributed by atoms with Crippen molar-refractivity contribution in [2.45, 2.75) is 71.6 Å². The van der Waals surface area contributed by atoms with Gasteiger partial charge < -0.3 is 0 Å². The van der Waals surface area contributed by atoms with Crippen molar-refractivity contribution in [1.29, 1.82) is 5.26 Å². The lowest BCUT2D eigenvalue weighted by Gasteiger charge is -2.42. The van der Waals surface area contributed by atoms with Crippen molar-refractivity contribution in [3.05, 3.63) is 49.2 Å². The van der Waals surface area contributed by atoms with E-state index in [4.69, 9.17) is 0 Å². The van der Waals surface area contributed by atoms with E-state index in [9.17, 15) is 14.9 Å². The van der Waals surface area contributed by atoms with Crippen LogP contribution in [0.3, 0.4) is 0 Å². The van der Waals surface area contributed by atoms with Gasteiger partial charge in [-0.25, -0.2) is 0 Å². The summed E-state index contributed by atoms with van der Waals surface area (Å²) in [5.41, 5.74) is 4.36. The molecular weight excluding hydrogens is 424 g/mol. The van der Waals surface area contributed by atoms with Gasteiger partial charge in [-0.05, 0) is 67.0 Å². The maximum absolute atomic E-state index is 13.6. The van der Waals surface area contributed by atoms with E-state index in [-0.39, 0.29) is 23.0 Å². The number of rotatable bonds is 2. The third-order valence-corrected chi connectivity index (χ3v) is 9.24. The molecular formula is C25H26N2O2S2. The van der Waals surface area contributed by atoms with Crippen molar-refractivity contribution in [3.8, 4) is 6.07 Å². The molecule has 1 aliphatic heterocycles. The first-order valence-electron chi connectivity index (χ1n) is 11.0. The van der Waals surface area contributed by atoms with Gasteiger partial charge in [-0.15, -0.1) is 22.7 Å². The van der Waals surface area contributed by atoms with Crippen molar-refractivity contribution in [1.82, 2.24) is 0 Å². The fourth-order valence-electron chi connectivity index (χ4n) is 5.44. The standard InChI is InChI=1S/C25H26N2O2S2/c1-14-8-9-30-23(14)16-10-21(29)27(18-11-25(2,3)12-19(28)22(16)18)24-17(13-26)15-6-4-5-7-20(15)31-24/h8-9,16H,4-7,10-12H2,1-3H3/t16-/m1/s1. The first-order valence-corrected chi connectivity index (χ1v) is 12.7. The largest absolute Gasteiger partial charge is 0.294 e. The second-order valence-electron chi connectivity index (χ2n) is 9.76. The van der Waals surface area contributed by atoms with Gasteiger partial charge in [0.05, 0.1) is 5.56 Å². The third-order valence-electron chi connectivity index (χ3n) is 6.83. The van der Waals surface area contributed by atoms with E-state index >= 15 is 0 Å². The minimum Gasteiger partial charge on any atom is -0.294 e. The summed E-state index contributed by atoms with van der Waals surface area (Å²) in [7, 11) is 0. The van der Waals surface area contributed by atoms with Crippen LogP contribution in [0.1, 0.15) is 78.3 Å². The molecule has 0 saturated heterocycles.